The number of phenolic OH excluding ortho intramolecular Hbond substituents is 1. The van der Waals surface area contributed by atoms with E-state index in [1.165, 1.54) is 5.39 Å². The summed E-state index contributed by atoms with van der Waals surface area (Å²) >= 11 is 0. The summed E-state index contributed by atoms with van der Waals surface area (Å²) in [5.74, 6) is 0.254. The lowest BCUT2D eigenvalue weighted by Gasteiger charge is -2.05. The van der Waals surface area contributed by atoms with E-state index >= 15 is 0 Å². The van der Waals surface area contributed by atoms with Gasteiger partial charge in [-0.3, -0.25) is 5.43 Å². The summed E-state index contributed by atoms with van der Waals surface area (Å²) in [7, 11) is 0. The highest BCUT2D eigenvalue weighted by Crippen LogP contribution is 2.22. The van der Waals surface area contributed by atoms with Crippen LogP contribution in [0.2, 0.25) is 0 Å². The molecule has 3 rings (SSSR count). The monoisotopic (exact) mass is 262 g/mol. The van der Waals surface area contributed by atoms with E-state index in [1.807, 2.05) is 36.4 Å². The maximum Gasteiger partial charge on any atom is 0.115 e. The average Bonchev–Trinajstić information content (AvgIpc) is 2.49. The van der Waals surface area contributed by atoms with Gasteiger partial charge in [-0.1, -0.05) is 36.4 Å². The molecule has 0 bridgehead atoms. The van der Waals surface area contributed by atoms with Crippen LogP contribution in [0.1, 0.15) is 5.56 Å². The minimum Gasteiger partial charge on any atom is -0.508 e. The molecule has 0 aromatic heterocycles. The molecule has 0 aliphatic carbocycles. The van der Waals surface area contributed by atoms with Crippen LogP contribution in [-0.4, -0.2) is 11.3 Å². The molecule has 0 saturated heterocycles. The predicted octanol–water partition coefficient (Wildman–Crippen LogP) is 3.99. The number of hydrogen-bond acceptors (Lipinski definition) is 3. The smallest absolute Gasteiger partial charge is 0.115 e. The Labute approximate surface area is 117 Å². The Balaban J connectivity index is 1.81. The van der Waals surface area contributed by atoms with E-state index in [2.05, 4.69) is 28.7 Å². The van der Waals surface area contributed by atoms with Gasteiger partial charge in [0.05, 0.1) is 11.9 Å². The van der Waals surface area contributed by atoms with Crippen LogP contribution in [0.25, 0.3) is 10.8 Å². The van der Waals surface area contributed by atoms with Crippen molar-refractivity contribution in [2.75, 3.05) is 5.43 Å². The van der Waals surface area contributed by atoms with Gasteiger partial charge in [-0.15, -0.1) is 0 Å². The first-order valence-electron chi connectivity index (χ1n) is 6.39. The van der Waals surface area contributed by atoms with Gasteiger partial charge in [0.15, 0.2) is 0 Å². The predicted molar refractivity (Wildman–Crippen MR) is 83.3 cm³/mol. The summed E-state index contributed by atoms with van der Waals surface area (Å²) in [6.07, 6.45) is 1.72. The zero-order chi connectivity index (χ0) is 13.8. The third-order valence-corrected chi connectivity index (χ3v) is 3.08. The summed E-state index contributed by atoms with van der Waals surface area (Å²) in [6.45, 7) is 0. The van der Waals surface area contributed by atoms with Gasteiger partial charge in [-0.2, -0.15) is 5.10 Å². The lowest BCUT2D eigenvalue weighted by Crippen LogP contribution is -1.91. The fraction of sp³-hybridized carbons (Fsp3) is 0. The van der Waals surface area contributed by atoms with Crippen molar-refractivity contribution < 1.29 is 5.11 Å². The van der Waals surface area contributed by atoms with Crippen molar-refractivity contribution in [3.05, 3.63) is 72.3 Å². The molecule has 3 aromatic carbocycles. The van der Waals surface area contributed by atoms with Crippen molar-refractivity contribution in [2.24, 2.45) is 5.10 Å². The van der Waals surface area contributed by atoms with Crippen molar-refractivity contribution >= 4 is 22.7 Å². The second kappa shape index (κ2) is 5.45. The lowest BCUT2D eigenvalue weighted by atomic mass is 10.1. The highest BCUT2D eigenvalue weighted by atomic mass is 16.3. The first-order valence-corrected chi connectivity index (χ1v) is 6.39. The Kier molecular flexibility index (Phi) is 3.33. The van der Waals surface area contributed by atoms with E-state index in [0.29, 0.717) is 0 Å². The standard InChI is InChI=1S/C17H14N2O/c20-15-10-8-13(9-11-15)12-18-19-17-7-3-5-14-4-1-2-6-16(14)17/h1-12,19-20H. The SMILES string of the molecule is Oc1ccc(C=NNc2cccc3ccccc23)cc1. The van der Waals surface area contributed by atoms with Gasteiger partial charge in [-0.05, 0) is 41.3 Å². The molecule has 0 aliphatic heterocycles. The van der Waals surface area contributed by atoms with Gasteiger partial charge in [0.1, 0.15) is 5.75 Å². The Morgan fingerprint density at radius 2 is 1.60 bits per heavy atom. The van der Waals surface area contributed by atoms with Crippen LogP contribution in [0, 0.1) is 0 Å². The van der Waals surface area contributed by atoms with Crippen LogP contribution in [0.5, 0.6) is 5.75 Å². The molecule has 3 heteroatoms. The molecule has 0 atom stereocenters. The number of benzene rings is 3. The number of rotatable bonds is 3. The van der Waals surface area contributed by atoms with Crippen LogP contribution in [0.4, 0.5) is 5.69 Å². The van der Waals surface area contributed by atoms with Crippen LogP contribution < -0.4 is 5.43 Å². The number of aromatic hydroxyl groups is 1. The van der Waals surface area contributed by atoms with E-state index in [1.54, 1.807) is 18.3 Å². The molecule has 0 heterocycles. The lowest BCUT2D eigenvalue weighted by molar-refractivity contribution is 0.475. The van der Waals surface area contributed by atoms with Crippen LogP contribution in [-0.2, 0) is 0 Å². The highest BCUT2D eigenvalue weighted by Gasteiger charge is 1.97. The van der Waals surface area contributed by atoms with Gasteiger partial charge >= 0.3 is 0 Å². The summed E-state index contributed by atoms with van der Waals surface area (Å²) in [6, 6.07) is 21.1. The van der Waals surface area contributed by atoms with Gasteiger partial charge in [0.2, 0.25) is 0 Å². The Morgan fingerprint density at radius 3 is 2.45 bits per heavy atom. The highest BCUT2D eigenvalue weighted by molar-refractivity contribution is 5.94. The van der Waals surface area contributed by atoms with Crippen molar-refractivity contribution in [1.82, 2.24) is 0 Å². The largest absolute Gasteiger partial charge is 0.508 e. The van der Waals surface area contributed by atoms with E-state index in [9.17, 15) is 5.11 Å². The molecular weight excluding hydrogens is 248 g/mol. The first-order chi connectivity index (χ1) is 9.83. The molecule has 0 unspecified atom stereocenters. The van der Waals surface area contributed by atoms with Crippen LogP contribution >= 0.6 is 0 Å². The molecular formula is C17H14N2O. The van der Waals surface area contributed by atoms with Gasteiger partial charge in [0.25, 0.3) is 0 Å². The van der Waals surface area contributed by atoms with E-state index in [-0.39, 0.29) is 5.75 Å². The molecule has 0 aliphatic rings. The molecule has 0 spiro atoms. The molecule has 98 valence electrons. The van der Waals surface area contributed by atoms with Gasteiger partial charge in [0, 0.05) is 5.39 Å². The number of nitrogens with zero attached hydrogens (tertiary/aromatic N) is 1. The maximum atomic E-state index is 9.22. The Bertz CT molecular complexity index is 743. The molecule has 0 saturated carbocycles. The summed E-state index contributed by atoms with van der Waals surface area (Å²) in [5.41, 5.74) is 4.95. The molecule has 0 fully saturated rings. The number of fused-ring (bicyclic) bond motifs is 1. The molecule has 3 nitrogen and oxygen atoms in total. The summed E-state index contributed by atoms with van der Waals surface area (Å²) in [4.78, 5) is 0. The number of hydrogen-bond donors (Lipinski definition) is 2. The molecule has 20 heavy (non-hydrogen) atoms. The van der Waals surface area contributed by atoms with Crippen molar-refractivity contribution in [3.63, 3.8) is 0 Å². The van der Waals surface area contributed by atoms with Crippen molar-refractivity contribution in [1.29, 1.82) is 0 Å². The zero-order valence-electron chi connectivity index (χ0n) is 10.8. The summed E-state index contributed by atoms with van der Waals surface area (Å²) < 4.78 is 0. The second-order valence-electron chi connectivity index (χ2n) is 4.49. The topological polar surface area (TPSA) is 44.6 Å². The molecule has 0 amide bonds. The first kappa shape index (κ1) is 12.2. The molecule has 2 N–H and O–H groups in total. The van der Waals surface area contributed by atoms with Gasteiger partial charge in [-0.25, -0.2) is 0 Å². The fourth-order valence-electron chi connectivity index (χ4n) is 2.06. The molecule has 0 radical (unpaired) electrons. The quantitative estimate of drug-likeness (QED) is 0.553. The van der Waals surface area contributed by atoms with Crippen molar-refractivity contribution in [2.45, 2.75) is 0 Å². The van der Waals surface area contributed by atoms with E-state index in [4.69, 9.17) is 0 Å². The van der Waals surface area contributed by atoms with Crippen LogP contribution in [0.15, 0.2) is 71.8 Å². The van der Waals surface area contributed by atoms with Gasteiger partial charge < -0.3 is 5.11 Å². The number of anilines is 1. The zero-order valence-corrected chi connectivity index (χ0v) is 10.8. The molecule has 3 aromatic rings. The van der Waals surface area contributed by atoms with E-state index in [0.717, 1.165) is 16.6 Å². The summed E-state index contributed by atoms with van der Waals surface area (Å²) in [5, 5.41) is 15.8. The minimum atomic E-state index is 0.254. The number of nitrogens with one attached hydrogen (secondary N) is 1. The number of hydrazone groups is 1. The Hall–Kier alpha value is -2.81. The second-order valence-corrected chi connectivity index (χ2v) is 4.49. The average molecular weight is 262 g/mol. The van der Waals surface area contributed by atoms with Crippen LogP contribution in [0.3, 0.4) is 0 Å². The van der Waals surface area contributed by atoms with E-state index < -0.39 is 0 Å². The third kappa shape index (κ3) is 2.62. The normalized spacial score (nSPS) is 11.0. The minimum absolute atomic E-state index is 0.254. The maximum absolute atomic E-state index is 9.22. The third-order valence-electron chi connectivity index (χ3n) is 3.08. The van der Waals surface area contributed by atoms with Crippen molar-refractivity contribution in [3.8, 4) is 5.75 Å². The Morgan fingerprint density at radius 1 is 0.850 bits per heavy atom. The number of phenols is 1. The fourth-order valence-corrected chi connectivity index (χ4v) is 2.06.